The first-order valence-corrected chi connectivity index (χ1v) is 19.2. The average Bonchev–Trinajstić information content (AvgIpc) is 3.60. The number of rotatable bonds is 4. The van der Waals surface area contributed by atoms with Gasteiger partial charge in [-0.25, -0.2) is 4.98 Å². The first-order valence-electron chi connectivity index (χ1n) is 19.2. The van der Waals surface area contributed by atoms with E-state index in [1.807, 2.05) is 0 Å². The molecule has 0 spiro atoms. The zero-order chi connectivity index (χ0) is 36.7. The molecule has 0 radical (unpaired) electrons. The summed E-state index contributed by atoms with van der Waals surface area (Å²) in [6.45, 7) is 0. The molecule has 7 heteroatoms. The Hall–Kier alpha value is -5.93. The fourth-order valence-electron chi connectivity index (χ4n) is 9.27. The van der Waals surface area contributed by atoms with Crippen LogP contribution in [-0.2, 0) is 0 Å². The molecule has 0 N–H and O–H groups in total. The molecule has 0 atom stereocenters. The van der Waals surface area contributed by atoms with Crippen molar-refractivity contribution in [3.05, 3.63) is 138 Å². The molecule has 1 aliphatic rings. The Kier molecular flexibility index (Phi) is 7.63. The predicted octanol–water partition coefficient (Wildman–Crippen LogP) is 2.13. The summed E-state index contributed by atoms with van der Waals surface area (Å²) in [5.74, 6) is 0.974. The van der Waals surface area contributed by atoms with Gasteiger partial charge in [0.1, 0.15) is 45.1 Å². The summed E-state index contributed by atoms with van der Waals surface area (Å²) in [6, 6.07) is 46.9. The van der Waals surface area contributed by atoms with E-state index in [1.165, 1.54) is 98.0 Å². The van der Waals surface area contributed by atoms with Crippen molar-refractivity contribution in [3.63, 3.8) is 0 Å². The third-order valence-corrected chi connectivity index (χ3v) is 12.4. The molecular weight excluding hydrogens is 647 g/mol. The number of imidazole rings is 1. The van der Waals surface area contributed by atoms with Crippen molar-refractivity contribution in [2.45, 2.75) is 12.8 Å². The number of fused-ring (bicyclic) bond motifs is 6. The van der Waals surface area contributed by atoms with Gasteiger partial charge in [0.05, 0.1) is 11.0 Å². The molecule has 8 aromatic carbocycles. The normalized spacial score (nSPS) is 12.6. The van der Waals surface area contributed by atoms with E-state index in [1.54, 1.807) is 0 Å². The molecule has 0 bridgehead atoms. The van der Waals surface area contributed by atoms with Gasteiger partial charge in [-0.1, -0.05) is 143 Å². The summed E-state index contributed by atoms with van der Waals surface area (Å²) in [4.78, 5) is 5.29. The summed E-state index contributed by atoms with van der Waals surface area (Å²) < 4.78 is 2.40. The van der Waals surface area contributed by atoms with Crippen molar-refractivity contribution in [1.82, 2.24) is 9.55 Å². The third kappa shape index (κ3) is 4.84. The maximum absolute atomic E-state index is 5.29. The van der Waals surface area contributed by atoms with E-state index in [4.69, 9.17) is 4.98 Å². The van der Waals surface area contributed by atoms with Gasteiger partial charge in [-0.15, -0.1) is 5.46 Å². The van der Waals surface area contributed by atoms with Gasteiger partial charge in [0.25, 0.3) is 0 Å². The topological polar surface area (TPSA) is 17.8 Å². The number of para-hydroxylation sites is 2. The van der Waals surface area contributed by atoms with Gasteiger partial charge in [-0.3, -0.25) is 4.57 Å². The summed E-state index contributed by atoms with van der Waals surface area (Å²) in [5.41, 5.74) is 16.3. The minimum absolute atomic E-state index is 0.974. The predicted molar refractivity (Wildman–Crippen MR) is 248 cm³/mol. The van der Waals surface area contributed by atoms with Crippen LogP contribution in [0.15, 0.2) is 127 Å². The lowest BCUT2D eigenvalue weighted by Gasteiger charge is -2.23. The number of nitrogens with zero attached hydrogens (tertiary/aromatic N) is 2. The van der Waals surface area contributed by atoms with E-state index in [-0.39, 0.29) is 0 Å². The summed E-state index contributed by atoms with van der Waals surface area (Å²) in [6.07, 6.45) is 7.03. The molecule has 9 aromatic rings. The highest BCUT2D eigenvalue weighted by atomic mass is 15.1. The fourth-order valence-corrected chi connectivity index (χ4v) is 9.27. The quantitative estimate of drug-likeness (QED) is 0.206. The molecule has 0 aliphatic heterocycles. The van der Waals surface area contributed by atoms with Crippen LogP contribution >= 0.6 is 0 Å². The van der Waals surface area contributed by atoms with Crippen molar-refractivity contribution in [1.29, 1.82) is 0 Å². The molecular formula is C47H37B5N2. The van der Waals surface area contributed by atoms with Gasteiger partial charge >= 0.3 is 0 Å². The lowest BCUT2D eigenvalue weighted by atomic mass is 9.61. The standard InChI is InChI=1S/C47H37B5N2/c48-41-42(49)44(51)46(45(52)43(41)50)54-38-20-10-9-19-37(38)53-47(54)27-23-21-26(22-24-27)39-32-15-5-7-17-34(32)40(35-18-8-6-16-33(35)39)36-25-28-11-1-2-12-29(28)30-13-3-4-14-31(30)36/h1-5,7,9-25H,6,8,48-52H2. The molecule has 0 amide bonds. The van der Waals surface area contributed by atoms with Crippen LogP contribution in [0.1, 0.15) is 12.8 Å². The zero-order valence-corrected chi connectivity index (χ0v) is 31.6. The second kappa shape index (κ2) is 12.6. The first-order chi connectivity index (χ1) is 26.4. The Balaban J connectivity index is 1.20. The van der Waals surface area contributed by atoms with Gasteiger partial charge in [-0.2, -0.15) is 0 Å². The lowest BCUT2D eigenvalue weighted by molar-refractivity contribution is 1.12. The fraction of sp³-hybridized carbons (Fsp3) is 0.0426. The van der Waals surface area contributed by atoms with Crippen LogP contribution in [-0.4, -0.2) is 48.8 Å². The smallest absolute Gasteiger partial charge is 0.145 e. The Labute approximate surface area is 320 Å². The number of hydrogen-bond donors (Lipinski definition) is 0. The highest BCUT2D eigenvalue weighted by Gasteiger charge is 2.22. The summed E-state index contributed by atoms with van der Waals surface area (Å²) in [5, 5.41) is 10.4. The minimum atomic E-state index is 0.974. The first kappa shape index (κ1) is 32.7. The lowest BCUT2D eigenvalue weighted by Crippen LogP contribution is -2.56. The molecule has 0 unspecified atom stereocenters. The molecule has 1 heterocycles. The maximum atomic E-state index is 5.29. The van der Waals surface area contributed by atoms with Crippen LogP contribution in [0, 0.1) is 0 Å². The Morgan fingerprint density at radius 2 is 0.981 bits per heavy atom. The molecule has 1 aromatic heterocycles. The molecule has 0 saturated heterocycles. The molecule has 54 heavy (non-hydrogen) atoms. The second-order valence-corrected chi connectivity index (χ2v) is 15.1. The number of aromatic nitrogens is 2. The third-order valence-electron chi connectivity index (χ3n) is 12.4. The zero-order valence-electron chi connectivity index (χ0n) is 31.6. The number of hydrogen-bond acceptors (Lipinski definition) is 1. The molecule has 0 saturated carbocycles. The Morgan fingerprint density at radius 3 is 1.69 bits per heavy atom. The highest BCUT2D eigenvalue weighted by Crippen LogP contribution is 2.39. The molecule has 1 aliphatic carbocycles. The SMILES string of the molecule is Bc1c(B)c(B)c(-n2c(-c3ccc(-c4c5c(c(-c6cc7ccccc7c7ccccc67)c6ccccc46)=CCCC=5)cc3)nc3ccccc32)c(B)c1B. The molecule has 10 rings (SSSR count). The van der Waals surface area contributed by atoms with E-state index in [0.717, 1.165) is 35.3 Å². The molecule has 0 fully saturated rings. The largest absolute Gasteiger partial charge is 0.294 e. The van der Waals surface area contributed by atoms with Crippen LogP contribution in [0.4, 0.5) is 0 Å². The van der Waals surface area contributed by atoms with Crippen molar-refractivity contribution in [3.8, 4) is 39.3 Å². The van der Waals surface area contributed by atoms with Crippen LogP contribution < -0.4 is 37.8 Å². The van der Waals surface area contributed by atoms with Crippen LogP contribution in [0.3, 0.4) is 0 Å². The highest BCUT2D eigenvalue weighted by molar-refractivity contribution is 6.68. The summed E-state index contributed by atoms with van der Waals surface area (Å²) in [7, 11) is 11.3. The molecule has 250 valence electrons. The van der Waals surface area contributed by atoms with E-state index < -0.39 is 0 Å². The minimum Gasteiger partial charge on any atom is -0.294 e. The van der Waals surface area contributed by atoms with Crippen molar-refractivity contribution < 1.29 is 0 Å². The molecule has 2 nitrogen and oxygen atoms in total. The van der Waals surface area contributed by atoms with E-state index in [0.29, 0.717) is 0 Å². The van der Waals surface area contributed by atoms with Gasteiger partial charge in [0.15, 0.2) is 0 Å². The van der Waals surface area contributed by atoms with Gasteiger partial charge in [0, 0.05) is 11.3 Å². The van der Waals surface area contributed by atoms with Crippen LogP contribution in [0.5, 0.6) is 0 Å². The second-order valence-electron chi connectivity index (χ2n) is 15.1. The van der Waals surface area contributed by atoms with Gasteiger partial charge in [0.2, 0.25) is 0 Å². The van der Waals surface area contributed by atoms with Gasteiger partial charge < -0.3 is 0 Å². The Bertz CT molecular complexity index is 3130. The van der Waals surface area contributed by atoms with Crippen molar-refractivity contribution in [2.24, 2.45) is 0 Å². The van der Waals surface area contributed by atoms with Crippen molar-refractivity contribution >= 4 is 122 Å². The van der Waals surface area contributed by atoms with Crippen LogP contribution in [0.25, 0.3) is 94.8 Å². The van der Waals surface area contributed by atoms with E-state index in [9.17, 15) is 0 Å². The monoisotopic (exact) mass is 684 g/mol. The maximum Gasteiger partial charge on any atom is 0.145 e. The Morgan fingerprint density at radius 1 is 0.463 bits per heavy atom. The average molecular weight is 684 g/mol. The van der Waals surface area contributed by atoms with Gasteiger partial charge in [-0.05, 0) is 96.0 Å². The van der Waals surface area contributed by atoms with Crippen LogP contribution in [0.2, 0.25) is 0 Å². The van der Waals surface area contributed by atoms with Crippen molar-refractivity contribution in [2.75, 3.05) is 0 Å². The number of benzene rings is 8. The van der Waals surface area contributed by atoms with E-state index >= 15 is 0 Å². The van der Waals surface area contributed by atoms with E-state index in [2.05, 4.69) is 183 Å². The summed E-state index contributed by atoms with van der Waals surface area (Å²) >= 11 is 0.